The fraction of sp³-hybridized carbons (Fsp3) is 0.323. The van der Waals surface area contributed by atoms with Crippen LogP contribution in [0.15, 0.2) is 66.0 Å². The summed E-state index contributed by atoms with van der Waals surface area (Å²) in [5.41, 5.74) is 2.62. The van der Waals surface area contributed by atoms with Crippen molar-refractivity contribution in [2.24, 2.45) is 0 Å². The van der Waals surface area contributed by atoms with E-state index in [0.717, 1.165) is 22.3 Å². The number of likely N-dealkylation sites (N-methyl/N-ethyl adjacent to an activating group) is 1. The number of methoxy groups -OCH3 is 1. The highest BCUT2D eigenvalue weighted by atomic mass is 79.9. The van der Waals surface area contributed by atoms with E-state index in [0.29, 0.717) is 33.7 Å². The minimum absolute atomic E-state index is 0. The summed E-state index contributed by atoms with van der Waals surface area (Å²) in [6, 6.07) is 14.0. The number of nitrogens with zero attached hydrogens (tertiary/aromatic N) is 3. The number of aromatic nitrogens is 2. The zero-order valence-corrected chi connectivity index (χ0v) is 27.6. The van der Waals surface area contributed by atoms with Crippen LogP contribution in [0, 0.1) is 17.5 Å². The van der Waals surface area contributed by atoms with Crippen LogP contribution in [0.3, 0.4) is 0 Å². The van der Waals surface area contributed by atoms with Crippen molar-refractivity contribution in [2.45, 2.75) is 30.2 Å². The third kappa shape index (κ3) is 7.83. The van der Waals surface area contributed by atoms with Crippen LogP contribution in [0.2, 0.25) is 5.02 Å². The molecule has 0 saturated carbocycles. The Morgan fingerprint density at radius 2 is 1.69 bits per heavy atom. The first kappa shape index (κ1) is 33.8. The molecule has 0 fully saturated rings. The summed E-state index contributed by atoms with van der Waals surface area (Å²) in [6.45, 7) is 5.53. The number of imidazole rings is 1. The maximum atomic E-state index is 15.2. The molecular formula is C31H35BrClF3N4OS. The maximum Gasteiger partial charge on any atom is 0.173 e. The molecule has 0 radical (unpaired) electrons. The van der Waals surface area contributed by atoms with Crippen molar-refractivity contribution in [3.8, 4) is 11.4 Å². The van der Waals surface area contributed by atoms with Gasteiger partial charge in [0.05, 0.1) is 53.2 Å². The first-order valence-electron chi connectivity index (χ1n) is 13.1. The molecule has 0 unspecified atom stereocenters. The van der Waals surface area contributed by atoms with Crippen LogP contribution in [0.4, 0.5) is 18.9 Å². The lowest BCUT2D eigenvalue weighted by Gasteiger charge is -2.28. The van der Waals surface area contributed by atoms with E-state index in [1.54, 1.807) is 36.5 Å². The number of hydrogen-bond acceptors (Lipinski definition) is 4. The molecule has 4 rings (SSSR count). The number of quaternary nitrogens is 1. The topological polar surface area (TPSA) is 39.1 Å². The second-order valence-electron chi connectivity index (χ2n) is 11.4. The molecule has 5 nitrogen and oxygen atoms in total. The van der Waals surface area contributed by atoms with Gasteiger partial charge in [0.2, 0.25) is 0 Å². The van der Waals surface area contributed by atoms with E-state index in [2.05, 4.69) is 31.4 Å². The molecular weight excluding hydrogens is 649 g/mol. The van der Waals surface area contributed by atoms with Crippen LogP contribution < -0.4 is 27.0 Å². The summed E-state index contributed by atoms with van der Waals surface area (Å²) in [7, 11) is 7.70. The van der Waals surface area contributed by atoms with Gasteiger partial charge in [-0.05, 0) is 54.1 Å². The highest BCUT2D eigenvalue weighted by molar-refractivity contribution is 7.98. The summed E-state index contributed by atoms with van der Waals surface area (Å²) in [6.07, 6.45) is 1.74. The SMILES string of the molecule is COc1cc(C(C)(C)c2cnc(SCc3c(F)cc(NCC[N+](C)(C)C)cc3Cl)n2-c2ccc(F)cc2)ccc1F.[Br-]. The van der Waals surface area contributed by atoms with Gasteiger partial charge in [-0.3, -0.25) is 4.57 Å². The Labute approximate surface area is 265 Å². The largest absolute Gasteiger partial charge is 1.00 e. The van der Waals surface area contributed by atoms with Crippen molar-refractivity contribution in [1.29, 1.82) is 0 Å². The summed E-state index contributed by atoms with van der Waals surface area (Å²) in [4.78, 5) is 4.67. The van der Waals surface area contributed by atoms with Crippen LogP contribution in [-0.4, -0.2) is 55.4 Å². The third-order valence-corrected chi connectivity index (χ3v) is 8.24. The van der Waals surface area contributed by atoms with Crippen LogP contribution >= 0.6 is 23.4 Å². The van der Waals surface area contributed by atoms with Gasteiger partial charge in [-0.2, -0.15) is 0 Å². The van der Waals surface area contributed by atoms with Gasteiger partial charge in [0, 0.05) is 33.1 Å². The van der Waals surface area contributed by atoms with E-state index in [4.69, 9.17) is 16.3 Å². The molecule has 1 aromatic heterocycles. The van der Waals surface area contributed by atoms with E-state index in [1.165, 1.54) is 43.1 Å². The molecule has 42 heavy (non-hydrogen) atoms. The number of benzene rings is 3. The van der Waals surface area contributed by atoms with Gasteiger partial charge in [-0.15, -0.1) is 0 Å². The molecule has 0 spiro atoms. The van der Waals surface area contributed by atoms with Crippen molar-refractivity contribution in [3.63, 3.8) is 0 Å². The minimum atomic E-state index is -0.650. The van der Waals surface area contributed by atoms with E-state index in [9.17, 15) is 8.78 Å². The summed E-state index contributed by atoms with van der Waals surface area (Å²) < 4.78 is 51.1. The molecule has 0 atom stereocenters. The standard InChI is InChI=1S/C31H35ClF3N4OS.BrH/c1-31(2,20-7-12-26(34)28(15-20)40-6)29-18-37-30(38(29)23-10-8-21(33)9-11-23)41-19-24-25(32)16-22(17-27(24)35)36-13-14-39(3,4)5;/h7-12,15-18,36H,13-14,19H2,1-6H3;1H/q+1;/p-1. The molecule has 0 bridgehead atoms. The van der Waals surface area contributed by atoms with Crippen LogP contribution in [0.5, 0.6) is 5.75 Å². The number of hydrogen-bond donors (Lipinski definition) is 1. The first-order chi connectivity index (χ1) is 19.3. The molecule has 0 amide bonds. The lowest BCUT2D eigenvalue weighted by atomic mass is 9.81. The fourth-order valence-corrected chi connectivity index (χ4v) is 5.81. The monoisotopic (exact) mass is 682 g/mol. The Morgan fingerprint density at radius 3 is 2.31 bits per heavy atom. The Hall–Kier alpha value is -2.66. The van der Waals surface area contributed by atoms with Crippen molar-refractivity contribution < 1.29 is 39.4 Å². The molecule has 1 N–H and O–H groups in total. The van der Waals surface area contributed by atoms with E-state index in [-0.39, 0.29) is 34.3 Å². The maximum absolute atomic E-state index is 15.2. The predicted molar refractivity (Wildman–Crippen MR) is 161 cm³/mol. The number of rotatable bonds is 11. The zero-order valence-electron chi connectivity index (χ0n) is 24.4. The van der Waals surface area contributed by atoms with Gasteiger partial charge in [0.15, 0.2) is 16.7 Å². The Balaban J connectivity index is 0.00000484. The molecule has 3 aromatic carbocycles. The molecule has 0 saturated heterocycles. The van der Waals surface area contributed by atoms with Crippen LogP contribution in [0.25, 0.3) is 5.69 Å². The normalized spacial score (nSPS) is 11.8. The number of thioether (sulfide) groups is 1. The minimum Gasteiger partial charge on any atom is -1.00 e. The summed E-state index contributed by atoms with van der Waals surface area (Å²) >= 11 is 7.86. The van der Waals surface area contributed by atoms with Crippen molar-refractivity contribution in [2.75, 3.05) is 46.7 Å². The van der Waals surface area contributed by atoms with Crippen molar-refractivity contribution in [1.82, 2.24) is 9.55 Å². The van der Waals surface area contributed by atoms with Crippen molar-refractivity contribution in [3.05, 3.63) is 100 Å². The number of ether oxygens (including phenoxy) is 1. The van der Waals surface area contributed by atoms with Gasteiger partial charge < -0.3 is 31.5 Å². The van der Waals surface area contributed by atoms with E-state index < -0.39 is 17.0 Å². The highest BCUT2D eigenvalue weighted by Gasteiger charge is 2.30. The number of nitrogens with one attached hydrogen (secondary N) is 1. The average Bonchev–Trinajstić information content (AvgIpc) is 3.33. The molecule has 226 valence electrons. The van der Waals surface area contributed by atoms with Gasteiger partial charge in [-0.1, -0.05) is 43.3 Å². The molecule has 1 heterocycles. The highest BCUT2D eigenvalue weighted by Crippen LogP contribution is 2.39. The number of anilines is 1. The molecule has 0 aliphatic heterocycles. The lowest BCUT2D eigenvalue weighted by molar-refractivity contribution is -0.868. The predicted octanol–water partition coefficient (Wildman–Crippen LogP) is 4.69. The average molecular weight is 684 g/mol. The second kappa shape index (κ2) is 13.8. The Kier molecular flexibility index (Phi) is 11.1. The zero-order chi connectivity index (χ0) is 29.9. The molecule has 4 aromatic rings. The molecule has 0 aliphatic carbocycles. The smallest absolute Gasteiger partial charge is 0.173 e. The summed E-state index contributed by atoms with van der Waals surface area (Å²) in [5.74, 6) is -0.859. The first-order valence-corrected chi connectivity index (χ1v) is 14.5. The quantitative estimate of drug-likeness (QED) is 0.184. The van der Waals surface area contributed by atoms with Gasteiger partial charge in [0.25, 0.3) is 0 Å². The van der Waals surface area contributed by atoms with E-state index >= 15 is 4.39 Å². The van der Waals surface area contributed by atoms with Gasteiger partial charge >= 0.3 is 0 Å². The van der Waals surface area contributed by atoms with Crippen molar-refractivity contribution >= 4 is 29.1 Å². The Morgan fingerprint density at radius 1 is 1.00 bits per heavy atom. The third-order valence-electron chi connectivity index (χ3n) is 6.93. The van der Waals surface area contributed by atoms with Crippen LogP contribution in [-0.2, 0) is 11.2 Å². The van der Waals surface area contributed by atoms with Gasteiger partial charge in [0.1, 0.15) is 11.6 Å². The molecule has 0 aliphatic rings. The van der Waals surface area contributed by atoms with E-state index in [1.807, 2.05) is 18.4 Å². The molecule has 11 heteroatoms. The van der Waals surface area contributed by atoms with Crippen LogP contribution in [0.1, 0.15) is 30.7 Å². The lowest BCUT2D eigenvalue weighted by Crippen LogP contribution is -3.00. The van der Waals surface area contributed by atoms with Gasteiger partial charge in [-0.25, -0.2) is 18.2 Å². The second-order valence-corrected chi connectivity index (χ2v) is 12.7. The number of halogens is 5. The fourth-order valence-electron chi connectivity index (χ4n) is 4.43. The Bertz CT molecular complexity index is 1500. The summed E-state index contributed by atoms with van der Waals surface area (Å²) in [5, 5.41) is 4.14.